The van der Waals surface area contributed by atoms with Gasteiger partial charge in [0.15, 0.2) is 5.69 Å². The summed E-state index contributed by atoms with van der Waals surface area (Å²) in [5.74, 6) is -5.63. The van der Waals surface area contributed by atoms with Crippen LogP contribution in [-0.2, 0) is 25.3 Å². The van der Waals surface area contributed by atoms with Crippen LogP contribution in [0.2, 0.25) is 0 Å². The van der Waals surface area contributed by atoms with E-state index < -0.39 is 64.7 Å². The predicted octanol–water partition coefficient (Wildman–Crippen LogP) is 2.62. The first-order valence-electron chi connectivity index (χ1n) is 8.38. The van der Waals surface area contributed by atoms with Crippen LogP contribution in [-0.4, -0.2) is 34.6 Å². The molecule has 4 rings (SSSR count). The van der Waals surface area contributed by atoms with Gasteiger partial charge in [0.25, 0.3) is 0 Å². The summed E-state index contributed by atoms with van der Waals surface area (Å²) < 4.78 is 45.4. The molecule has 1 aromatic rings. The maximum Gasteiger partial charge on any atom is 0.407 e. The summed E-state index contributed by atoms with van der Waals surface area (Å²) in [6, 6.07) is 2.62. The molecule has 28 heavy (non-hydrogen) atoms. The topological polar surface area (TPSA) is 88.3 Å². The van der Waals surface area contributed by atoms with E-state index in [1.165, 1.54) is 6.92 Å². The molecule has 10 heteroatoms. The van der Waals surface area contributed by atoms with Gasteiger partial charge in [0.05, 0.1) is 41.6 Å². The van der Waals surface area contributed by atoms with Crippen molar-refractivity contribution in [2.45, 2.75) is 31.2 Å². The summed E-state index contributed by atoms with van der Waals surface area (Å²) in [7, 11) is 0. The van der Waals surface area contributed by atoms with Crippen molar-refractivity contribution >= 4 is 29.2 Å². The number of ether oxygens (including phenoxy) is 1. The number of imide groups is 1. The van der Waals surface area contributed by atoms with Crippen molar-refractivity contribution < 1.29 is 37.4 Å². The van der Waals surface area contributed by atoms with Crippen LogP contribution in [0.1, 0.15) is 18.9 Å². The normalized spacial score (nSPS) is 33.9. The van der Waals surface area contributed by atoms with Gasteiger partial charge < -0.3 is 9.84 Å². The predicted molar refractivity (Wildman–Crippen MR) is 86.2 cm³/mol. The number of carboxylic acid groups (broad SMARTS) is 1. The fraction of sp³-hybridized carbons (Fsp3) is 0.444. The van der Waals surface area contributed by atoms with E-state index in [9.17, 15) is 32.7 Å². The smallest absolute Gasteiger partial charge is 0.407 e. The molecule has 3 aliphatic heterocycles. The average molecular weight is 394 g/mol. The number of hydrogen-bond donors (Lipinski definition) is 1. The van der Waals surface area contributed by atoms with E-state index in [0.29, 0.717) is 11.0 Å². The van der Waals surface area contributed by atoms with Crippen molar-refractivity contribution in [2.24, 2.45) is 17.8 Å². The van der Waals surface area contributed by atoms with Crippen molar-refractivity contribution in [3.8, 4) is 0 Å². The molecule has 3 heterocycles. The number of carboxylic acids is 1. The van der Waals surface area contributed by atoms with Crippen molar-refractivity contribution in [3.63, 3.8) is 0 Å². The molecule has 3 aliphatic rings. The zero-order valence-electron chi connectivity index (χ0n) is 14.4. The Morgan fingerprint density at radius 2 is 2.04 bits per heavy atom. The number of alkyl halides is 3. The minimum atomic E-state index is -4.83. The molecule has 2 amide bonds. The lowest BCUT2D eigenvalue weighted by Gasteiger charge is -2.31. The number of fused-ring (bicyclic) bond motifs is 5. The lowest BCUT2D eigenvalue weighted by atomic mass is 9.68. The largest absolute Gasteiger partial charge is 0.481 e. The summed E-state index contributed by atoms with van der Waals surface area (Å²) >= 11 is 0. The van der Waals surface area contributed by atoms with Gasteiger partial charge in [0.2, 0.25) is 11.8 Å². The summed E-state index contributed by atoms with van der Waals surface area (Å²) in [5, 5.41) is 9.40. The Bertz CT molecular complexity index is 969. The molecule has 1 N–H and O–H groups in total. The third-order valence-electron chi connectivity index (χ3n) is 5.90. The average Bonchev–Trinajstić information content (AvgIpc) is 3.20. The lowest BCUT2D eigenvalue weighted by Crippen LogP contribution is -2.47. The Kier molecular flexibility index (Phi) is 3.65. The van der Waals surface area contributed by atoms with Gasteiger partial charge in [0.1, 0.15) is 0 Å². The standard InChI is InChI=1S/C18H13F3N2O5/c1-17-9(16(26)27)6-11(28-17)12-13(17)15(25)23(14(12)24)7-3-4-10(22-2)8(5-7)18(19,20)21/h3-5,9,11-13H,6H2,1H3,(H,26,27)/t9-,11?,12+,13-,17?/m1/s1. The van der Waals surface area contributed by atoms with Gasteiger partial charge in [-0.15, -0.1) is 0 Å². The monoisotopic (exact) mass is 394 g/mol. The van der Waals surface area contributed by atoms with Crippen LogP contribution in [0.5, 0.6) is 0 Å². The summed E-state index contributed by atoms with van der Waals surface area (Å²) in [5.41, 5.74) is -3.58. The minimum absolute atomic E-state index is 0.0598. The number of hydrogen-bond acceptors (Lipinski definition) is 4. The second-order valence-corrected chi connectivity index (χ2v) is 7.29. The van der Waals surface area contributed by atoms with Gasteiger partial charge in [-0.1, -0.05) is 6.07 Å². The van der Waals surface area contributed by atoms with E-state index in [2.05, 4.69) is 4.85 Å². The Hall–Kier alpha value is -2.93. The summed E-state index contributed by atoms with van der Waals surface area (Å²) in [4.78, 5) is 40.8. The first kappa shape index (κ1) is 18.4. The van der Waals surface area contributed by atoms with Crippen LogP contribution in [0.15, 0.2) is 18.2 Å². The third-order valence-corrected chi connectivity index (χ3v) is 5.90. The number of anilines is 1. The maximum atomic E-state index is 13.2. The van der Waals surface area contributed by atoms with Crippen molar-refractivity contribution in [3.05, 3.63) is 35.2 Å². The summed E-state index contributed by atoms with van der Waals surface area (Å²) in [6.45, 7) is 8.33. The quantitative estimate of drug-likeness (QED) is 0.616. The second-order valence-electron chi connectivity index (χ2n) is 7.29. The SMILES string of the molecule is [C-]#[N+]c1ccc(N2C(=O)[C@H]3C4C[C@H](C(=O)O)C(C)(O4)[C@H]3C2=O)cc1C(F)(F)F. The molecular weight excluding hydrogens is 381 g/mol. The van der Waals surface area contributed by atoms with Crippen LogP contribution in [0.3, 0.4) is 0 Å². The number of carbonyl (C=O) groups is 3. The van der Waals surface area contributed by atoms with E-state index in [1.54, 1.807) is 0 Å². The van der Waals surface area contributed by atoms with Gasteiger partial charge >= 0.3 is 12.1 Å². The molecule has 3 fully saturated rings. The molecule has 0 aromatic heterocycles. The van der Waals surface area contributed by atoms with E-state index in [-0.39, 0.29) is 12.1 Å². The molecule has 3 saturated heterocycles. The highest BCUT2D eigenvalue weighted by Gasteiger charge is 2.72. The maximum absolute atomic E-state index is 13.2. The molecule has 0 aliphatic carbocycles. The molecule has 146 valence electrons. The molecule has 0 radical (unpaired) electrons. The van der Waals surface area contributed by atoms with Gasteiger partial charge in [-0.2, -0.15) is 13.2 Å². The Balaban J connectivity index is 1.77. The van der Waals surface area contributed by atoms with E-state index in [4.69, 9.17) is 11.3 Å². The molecule has 5 atom stereocenters. The van der Waals surface area contributed by atoms with Gasteiger partial charge in [0, 0.05) is 5.69 Å². The highest BCUT2D eigenvalue weighted by molar-refractivity contribution is 6.23. The Morgan fingerprint density at radius 1 is 1.36 bits per heavy atom. The second kappa shape index (κ2) is 5.54. The number of benzene rings is 1. The van der Waals surface area contributed by atoms with Crippen molar-refractivity contribution in [2.75, 3.05) is 4.90 Å². The minimum Gasteiger partial charge on any atom is -0.481 e. The fourth-order valence-corrected chi connectivity index (χ4v) is 4.69. The Morgan fingerprint density at radius 3 is 2.61 bits per heavy atom. The van der Waals surface area contributed by atoms with Crippen LogP contribution in [0.4, 0.5) is 24.5 Å². The molecule has 2 bridgehead atoms. The summed E-state index contributed by atoms with van der Waals surface area (Å²) in [6.07, 6.45) is -5.55. The number of nitrogens with zero attached hydrogens (tertiary/aromatic N) is 2. The first-order chi connectivity index (χ1) is 13.0. The van der Waals surface area contributed by atoms with Crippen LogP contribution < -0.4 is 4.90 Å². The number of carbonyl (C=O) groups excluding carboxylic acids is 2. The Labute approximate surface area is 156 Å². The zero-order valence-corrected chi connectivity index (χ0v) is 14.4. The van der Waals surface area contributed by atoms with Gasteiger partial charge in [-0.3, -0.25) is 14.4 Å². The van der Waals surface area contributed by atoms with E-state index in [1.807, 2.05) is 0 Å². The molecule has 7 nitrogen and oxygen atoms in total. The molecule has 1 aromatic carbocycles. The molecular formula is C18H13F3N2O5. The highest BCUT2D eigenvalue weighted by Crippen LogP contribution is 2.58. The molecule has 0 spiro atoms. The van der Waals surface area contributed by atoms with Gasteiger partial charge in [-0.25, -0.2) is 9.74 Å². The highest BCUT2D eigenvalue weighted by atomic mass is 19.4. The third kappa shape index (κ3) is 2.22. The zero-order chi connectivity index (χ0) is 20.6. The lowest BCUT2D eigenvalue weighted by molar-refractivity contribution is -0.150. The number of rotatable bonds is 2. The first-order valence-corrected chi connectivity index (χ1v) is 8.38. The van der Waals surface area contributed by atoms with Crippen molar-refractivity contribution in [1.82, 2.24) is 0 Å². The van der Waals surface area contributed by atoms with E-state index in [0.717, 1.165) is 12.1 Å². The molecule has 0 saturated carbocycles. The van der Waals surface area contributed by atoms with Crippen LogP contribution in [0.25, 0.3) is 4.85 Å². The number of amides is 2. The van der Waals surface area contributed by atoms with Crippen LogP contribution in [0, 0.1) is 24.3 Å². The van der Waals surface area contributed by atoms with Crippen molar-refractivity contribution in [1.29, 1.82) is 0 Å². The fourth-order valence-electron chi connectivity index (χ4n) is 4.69. The number of aliphatic carboxylic acids is 1. The van der Waals surface area contributed by atoms with Gasteiger partial charge in [-0.05, 0) is 25.5 Å². The molecule has 2 unspecified atom stereocenters. The number of halogens is 3. The van der Waals surface area contributed by atoms with E-state index >= 15 is 0 Å². The van der Waals surface area contributed by atoms with Crippen LogP contribution >= 0.6 is 0 Å².